The van der Waals surface area contributed by atoms with Crippen molar-refractivity contribution in [1.82, 2.24) is 5.32 Å². The molecule has 6 nitrogen and oxygen atoms in total. The summed E-state index contributed by atoms with van der Waals surface area (Å²) in [5.41, 5.74) is 3.41. The molecule has 37 heavy (non-hydrogen) atoms. The summed E-state index contributed by atoms with van der Waals surface area (Å²) in [7, 11) is 0. The van der Waals surface area contributed by atoms with E-state index in [1.807, 2.05) is 32.0 Å². The van der Waals surface area contributed by atoms with E-state index in [-0.39, 0.29) is 17.9 Å². The Bertz CT molecular complexity index is 1300. The second kappa shape index (κ2) is 10.6. The fourth-order valence-corrected chi connectivity index (χ4v) is 5.17. The number of anilines is 1. The van der Waals surface area contributed by atoms with Crippen molar-refractivity contribution in [1.29, 1.82) is 0 Å². The Kier molecular flexibility index (Phi) is 7.12. The van der Waals surface area contributed by atoms with E-state index in [0.717, 1.165) is 36.8 Å². The van der Waals surface area contributed by atoms with Crippen molar-refractivity contribution < 1.29 is 23.5 Å². The highest BCUT2D eigenvalue weighted by atomic mass is 19.1. The maximum absolute atomic E-state index is 14.3. The van der Waals surface area contributed by atoms with Crippen LogP contribution >= 0.6 is 0 Å². The number of rotatable bonds is 6. The molecule has 1 aliphatic carbocycles. The topological polar surface area (TPSA) is 67.9 Å². The van der Waals surface area contributed by atoms with Crippen LogP contribution in [0, 0.1) is 19.7 Å². The minimum absolute atomic E-state index is 0.0563. The fraction of sp³-hybridized carbons (Fsp3) is 0.333. The zero-order valence-electron chi connectivity index (χ0n) is 21.1. The molecule has 1 atom stereocenters. The van der Waals surface area contributed by atoms with Crippen LogP contribution in [0.3, 0.4) is 0 Å². The van der Waals surface area contributed by atoms with Crippen LogP contribution in [0.5, 0.6) is 11.5 Å². The van der Waals surface area contributed by atoms with Gasteiger partial charge in [-0.15, -0.1) is 0 Å². The van der Waals surface area contributed by atoms with Crippen LogP contribution in [-0.2, 0) is 4.79 Å². The van der Waals surface area contributed by atoms with Crippen molar-refractivity contribution in [2.75, 3.05) is 18.1 Å². The molecule has 1 N–H and O–H groups in total. The molecule has 0 aromatic heterocycles. The van der Waals surface area contributed by atoms with Gasteiger partial charge >= 0.3 is 0 Å². The van der Waals surface area contributed by atoms with Crippen molar-refractivity contribution >= 4 is 17.5 Å². The Balaban J connectivity index is 1.62. The lowest BCUT2D eigenvalue weighted by Gasteiger charge is -2.33. The van der Waals surface area contributed by atoms with Crippen molar-refractivity contribution in [3.05, 3.63) is 88.7 Å². The van der Waals surface area contributed by atoms with Crippen molar-refractivity contribution in [2.45, 2.75) is 51.6 Å². The number of carbonyl (C=O) groups is 2. The van der Waals surface area contributed by atoms with E-state index < -0.39 is 11.9 Å². The summed E-state index contributed by atoms with van der Waals surface area (Å²) in [6.45, 7) is 4.74. The summed E-state index contributed by atoms with van der Waals surface area (Å²) in [4.78, 5) is 29.7. The molecule has 2 amide bonds. The number of carbonyl (C=O) groups excluding carboxylic acids is 2. The average Bonchev–Trinajstić information content (AvgIpc) is 3.41. The zero-order valence-corrected chi connectivity index (χ0v) is 21.1. The molecule has 2 aliphatic rings. The summed E-state index contributed by atoms with van der Waals surface area (Å²) < 4.78 is 25.2. The third kappa shape index (κ3) is 5.31. The second-order valence-corrected chi connectivity index (χ2v) is 9.77. The molecule has 1 saturated carbocycles. The van der Waals surface area contributed by atoms with Gasteiger partial charge in [0.2, 0.25) is 5.91 Å². The number of benzene rings is 3. The maximum atomic E-state index is 14.3. The predicted octanol–water partition coefficient (Wildman–Crippen LogP) is 5.66. The number of hydrogen-bond donors (Lipinski definition) is 1. The highest BCUT2D eigenvalue weighted by Crippen LogP contribution is 2.36. The molecule has 3 aromatic rings. The molecule has 0 radical (unpaired) electrons. The summed E-state index contributed by atoms with van der Waals surface area (Å²) in [5, 5.41) is 3.16. The molecule has 0 bridgehead atoms. The number of fused-ring (bicyclic) bond motifs is 1. The highest BCUT2D eigenvalue weighted by molar-refractivity contribution is 6.10. The molecule has 5 rings (SSSR count). The first-order valence-corrected chi connectivity index (χ1v) is 12.8. The molecule has 1 fully saturated rings. The number of nitrogens with zero attached hydrogens (tertiary/aromatic N) is 1. The number of hydrogen-bond acceptors (Lipinski definition) is 4. The van der Waals surface area contributed by atoms with Gasteiger partial charge in [0.1, 0.15) is 25.1 Å². The van der Waals surface area contributed by atoms with E-state index in [4.69, 9.17) is 9.47 Å². The van der Waals surface area contributed by atoms with Gasteiger partial charge in [-0.05, 0) is 74.2 Å². The van der Waals surface area contributed by atoms with Crippen molar-refractivity contribution in [2.24, 2.45) is 0 Å². The third-order valence-corrected chi connectivity index (χ3v) is 7.01. The fourth-order valence-electron chi connectivity index (χ4n) is 5.17. The normalized spacial score (nSPS) is 15.8. The quantitative estimate of drug-likeness (QED) is 0.472. The van der Waals surface area contributed by atoms with E-state index in [1.54, 1.807) is 30.3 Å². The molecule has 1 unspecified atom stereocenters. The van der Waals surface area contributed by atoms with Crippen LogP contribution in [0.25, 0.3) is 0 Å². The van der Waals surface area contributed by atoms with Gasteiger partial charge in [-0.3, -0.25) is 14.5 Å². The number of amides is 2. The molecular formula is C30H31FN2O4. The van der Waals surface area contributed by atoms with E-state index in [2.05, 4.69) is 5.32 Å². The molecule has 7 heteroatoms. The van der Waals surface area contributed by atoms with Crippen LogP contribution in [-0.4, -0.2) is 31.1 Å². The van der Waals surface area contributed by atoms with Gasteiger partial charge in [-0.1, -0.05) is 42.7 Å². The van der Waals surface area contributed by atoms with E-state index in [9.17, 15) is 14.0 Å². The van der Waals surface area contributed by atoms with E-state index >= 15 is 0 Å². The molecule has 0 saturated heterocycles. The first kappa shape index (κ1) is 24.8. The van der Waals surface area contributed by atoms with Crippen molar-refractivity contribution in [3.63, 3.8) is 0 Å². The Morgan fingerprint density at radius 2 is 1.62 bits per heavy atom. The van der Waals surface area contributed by atoms with E-state index in [0.29, 0.717) is 41.5 Å². The van der Waals surface area contributed by atoms with Crippen LogP contribution in [0.15, 0.2) is 60.7 Å². The van der Waals surface area contributed by atoms with Crippen LogP contribution in [0.2, 0.25) is 0 Å². The Labute approximate surface area is 216 Å². The number of nitrogens with one attached hydrogen (secondary N) is 1. The Morgan fingerprint density at radius 3 is 2.32 bits per heavy atom. The number of aryl methyl sites for hydroxylation is 2. The number of halogens is 1. The Hall–Kier alpha value is -3.87. The van der Waals surface area contributed by atoms with Gasteiger partial charge < -0.3 is 14.8 Å². The average molecular weight is 503 g/mol. The zero-order chi connectivity index (χ0) is 25.9. The summed E-state index contributed by atoms with van der Waals surface area (Å²) in [6, 6.07) is 15.7. The van der Waals surface area contributed by atoms with Gasteiger partial charge in [0.25, 0.3) is 5.91 Å². The maximum Gasteiger partial charge on any atom is 0.259 e. The van der Waals surface area contributed by atoms with Gasteiger partial charge in [-0.2, -0.15) is 0 Å². The van der Waals surface area contributed by atoms with Gasteiger partial charge in [-0.25, -0.2) is 4.39 Å². The lowest BCUT2D eigenvalue weighted by atomic mass is 9.99. The van der Waals surface area contributed by atoms with Crippen LogP contribution in [0.4, 0.5) is 10.1 Å². The summed E-state index contributed by atoms with van der Waals surface area (Å²) in [6.07, 6.45) is 3.93. The van der Waals surface area contributed by atoms with Gasteiger partial charge in [0.05, 0.1) is 0 Å². The van der Waals surface area contributed by atoms with Gasteiger partial charge in [0.15, 0.2) is 11.5 Å². The minimum Gasteiger partial charge on any atom is -0.486 e. The first-order valence-electron chi connectivity index (χ1n) is 12.8. The largest absolute Gasteiger partial charge is 0.486 e. The molecule has 1 heterocycles. The second-order valence-electron chi connectivity index (χ2n) is 9.77. The summed E-state index contributed by atoms with van der Waals surface area (Å²) >= 11 is 0. The van der Waals surface area contributed by atoms with Crippen LogP contribution in [0.1, 0.15) is 58.8 Å². The highest BCUT2D eigenvalue weighted by Gasteiger charge is 2.36. The number of ether oxygens (including phenoxy) is 2. The lowest BCUT2D eigenvalue weighted by Crippen LogP contribution is -2.46. The molecule has 0 spiro atoms. The summed E-state index contributed by atoms with van der Waals surface area (Å²) in [5.74, 6) is 0.0143. The first-order chi connectivity index (χ1) is 17.9. The Morgan fingerprint density at radius 1 is 0.919 bits per heavy atom. The molecular weight excluding hydrogens is 471 g/mol. The SMILES string of the molecule is Cc1ccc(N(C(=O)c2ccc3c(c2)OCCO3)C(C(=O)NC2CCCC2)c2ccc(F)cc2)c(C)c1. The van der Waals surface area contributed by atoms with Gasteiger partial charge in [0, 0.05) is 17.3 Å². The molecule has 1 aliphatic heterocycles. The van der Waals surface area contributed by atoms with Crippen LogP contribution < -0.4 is 19.7 Å². The molecule has 3 aromatic carbocycles. The predicted molar refractivity (Wildman–Crippen MR) is 140 cm³/mol. The smallest absolute Gasteiger partial charge is 0.259 e. The molecule has 192 valence electrons. The minimum atomic E-state index is -0.997. The third-order valence-electron chi connectivity index (χ3n) is 7.01. The van der Waals surface area contributed by atoms with E-state index in [1.165, 1.54) is 17.0 Å². The monoisotopic (exact) mass is 502 g/mol. The lowest BCUT2D eigenvalue weighted by molar-refractivity contribution is -0.123. The van der Waals surface area contributed by atoms with Crippen molar-refractivity contribution in [3.8, 4) is 11.5 Å². The standard InChI is InChI=1S/C30H31FN2O4/c1-19-7-13-25(20(2)17-19)33(30(35)22-10-14-26-27(18-22)37-16-15-36-26)28(21-8-11-23(31)12-9-21)29(34)32-24-5-3-4-6-24/h7-14,17-18,24,28H,3-6,15-16H2,1-2H3,(H,32,34).